The van der Waals surface area contributed by atoms with E-state index in [0.717, 1.165) is 0 Å². The van der Waals surface area contributed by atoms with E-state index >= 15 is 0 Å². The van der Waals surface area contributed by atoms with E-state index in [4.69, 9.17) is 0 Å². The maximum absolute atomic E-state index is 13.0. The first-order valence-corrected chi connectivity index (χ1v) is 12.1. The predicted octanol–water partition coefficient (Wildman–Crippen LogP) is 0.840. The number of sulfone groups is 1. The molecule has 0 spiro atoms. The van der Waals surface area contributed by atoms with Crippen LogP contribution in [-0.2, 0) is 19.9 Å². The zero-order valence-corrected chi connectivity index (χ0v) is 17.3. The number of benzene rings is 1. The van der Waals surface area contributed by atoms with Crippen LogP contribution in [0, 0.1) is 13.8 Å². The molecule has 0 bridgehead atoms. The Kier molecular flexibility index (Phi) is 4.65. The summed E-state index contributed by atoms with van der Waals surface area (Å²) >= 11 is 0. The Hall–Kier alpha value is -2.80. The maximum atomic E-state index is 13.0. The number of H-pyrrole nitrogens is 1. The number of nitrogens with one attached hydrogen (secondary N) is 2. The number of aromatic amines is 1. The lowest BCUT2D eigenvalue weighted by atomic mass is 10.2. The van der Waals surface area contributed by atoms with E-state index < -0.39 is 19.9 Å². The topological polar surface area (TPSA) is 153 Å². The van der Waals surface area contributed by atoms with Crippen molar-refractivity contribution in [1.29, 1.82) is 0 Å². The van der Waals surface area contributed by atoms with E-state index in [1.54, 1.807) is 38.1 Å². The fourth-order valence-electron chi connectivity index (χ4n) is 3.54. The van der Waals surface area contributed by atoms with Gasteiger partial charge in [0.25, 0.3) is 10.0 Å². The van der Waals surface area contributed by atoms with Crippen molar-refractivity contribution in [1.82, 2.24) is 30.4 Å². The van der Waals surface area contributed by atoms with Gasteiger partial charge in [0.2, 0.25) is 5.82 Å². The largest absolute Gasteiger partial charge is 0.280 e. The molecular formula is C16H19N7O4S2. The molecular weight excluding hydrogens is 418 g/mol. The average molecular weight is 438 g/mol. The Morgan fingerprint density at radius 2 is 1.93 bits per heavy atom. The molecule has 0 amide bonds. The normalized spacial score (nSPS) is 18.8. The summed E-state index contributed by atoms with van der Waals surface area (Å²) in [5, 5.41) is 17.9. The van der Waals surface area contributed by atoms with Gasteiger partial charge in [-0.2, -0.15) is 10.3 Å². The number of aryl methyl sites for hydroxylation is 1. The molecule has 1 atom stereocenters. The Balaban J connectivity index is 1.61. The summed E-state index contributed by atoms with van der Waals surface area (Å²) in [6.07, 6.45) is 0.425. The van der Waals surface area contributed by atoms with Crippen LogP contribution in [-0.4, -0.2) is 58.7 Å². The van der Waals surface area contributed by atoms with Gasteiger partial charge in [-0.15, -0.1) is 10.2 Å². The van der Waals surface area contributed by atoms with Crippen molar-refractivity contribution in [3.05, 3.63) is 35.7 Å². The molecule has 1 aliphatic rings. The number of anilines is 1. The molecule has 0 unspecified atom stereocenters. The van der Waals surface area contributed by atoms with E-state index in [-0.39, 0.29) is 22.4 Å². The first kappa shape index (κ1) is 19.5. The summed E-state index contributed by atoms with van der Waals surface area (Å²) in [5.74, 6) is 0.460. The van der Waals surface area contributed by atoms with Crippen molar-refractivity contribution in [2.75, 3.05) is 16.2 Å². The monoisotopic (exact) mass is 437 g/mol. The molecule has 0 radical (unpaired) electrons. The summed E-state index contributed by atoms with van der Waals surface area (Å²) in [5.41, 5.74) is 1.79. The van der Waals surface area contributed by atoms with Crippen LogP contribution in [0.25, 0.3) is 11.4 Å². The highest BCUT2D eigenvalue weighted by atomic mass is 32.2. The molecule has 2 N–H and O–H groups in total. The second-order valence-electron chi connectivity index (χ2n) is 6.92. The molecule has 1 aromatic carbocycles. The molecule has 1 fully saturated rings. The smallest absolute Gasteiger partial charge is 0.265 e. The Labute approximate surface area is 167 Å². The molecule has 0 saturated carbocycles. The van der Waals surface area contributed by atoms with Gasteiger partial charge in [0.05, 0.1) is 28.9 Å². The van der Waals surface area contributed by atoms with Crippen LogP contribution in [0.2, 0.25) is 0 Å². The number of hydrogen-bond donors (Lipinski definition) is 2. The number of sulfonamides is 1. The molecule has 3 heterocycles. The highest BCUT2D eigenvalue weighted by Gasteiger charge is 2.33. The summed E-state index contributed by atoms with van der Waals surface area (Å²) < 4.78 is 53.6. The first-order valence-electron chi connectivity index (χ1n) is 8.79. The van der Waals surface area contributed by atoms with Crippen molar-refractivity contribution >= 4 is 25.5 Å². The number of hydrogen-bond acceptors (Lipinski definition) is 8. The minimum Gasteiger partial charge on any atom is -0.280 e. The van der Waals surface area contributed by atoms with Gasteiger partial charge in [0.1, 0.15) is 4.90 Å². The number of tetrazole rings is 1. The highest BCUT2D eigenvalue weighted by Crippen LogP contribution is 2.30. The third-order valence-corrected chi connectivity index (χ3v) is 8.21. The lowest BCUT2D eigenvalue weighted by Gasteiger charge is -2.12. The standard InChI is InChI=1S/C16H19N7O4S2/c1-10-15(11(2)23(19-10)14-7-8-28(24,25)9-14)29(26,27)20-13-5-3-12(4-6-13)16-17-21-22-18-16/h3-6,14,20H,7-9H2,1-2H3,(H,17,18,21,22)/t14-/m0/s1. The van der Waals surface area contributed by atoms with E-state index in [9.17, 15) is 16.8 Å². The van der Waals surface area contributed by atoms with Gasteiger partial charge in [0, 0.05) is 11.3 Å². The quantitative estimate of drug-likeness (QED) is 0.595. The zero-order chi connectivity index (χ0) is 20.8. The van der Waals surface area contributed by atoms with Crippen LogP contribution >= 0.6 is 0 Å². The van der Waals surface area contributed by atoms with E-state index in [1.165, 1.54) is 4.68 Å². The minimum absolute atomic E-state index is 0.0284. The fraction of sp³-hybridized carbons (Fsp3) is 0.375. The number of aromatic nitrogens is 6. The molecule has 154 valence electrons. The molecule has 11 nitrogen and oxygen atoms in total. The Morgan fingerprint density at radius 1 is 1.21 bits per heavy atom. The minimum atomic E-state index is -3.91. The first-order chi connectivity index (χ1) is 13.7. The van der Waals surface area contributed by atoms with Crippen LogP contribution in [0.3, 0.4) is 0 Å². The molecule has 0 aliphatic carbocycles. The van der Waals surface area contributed by atoms with Crippen molar-refractivity contribution < 1.29 is 16.8 Å². The van der Waals surface area contributed by atoms with Gasteiger partial charge in [-0.3, -0.25) is 9.40 Å². The highest BCUT2D eigenvalue weighted by molar-refractivity contribution is 7.92. The van der Waals surface area contributed by atoms with Crippen LogP contribution in [0.15, 0.2) is 29.2 Å². The van der Waals surface area contributed by atoms with Crippen LogP contribution < -0.4 is 4.72 Å². The Morgan fingerprint density at radius 3 is 2.52 bits per heavy atom. The fourth-order valence-corrected chi connectivity index (χ4v) is 6.69. The van der Waals surface area contributed by atoms with Gasteiger partial charge >= 0.3 is 0 Å². The number of rotatable bonds is 5. The second kappa shape index (κ2) is 6.91. The van der Waals surface area contributed by atoms with Crippen molar-refractivity contribution in [2.45, 2.75) is 31.2 Å². The van der Waals surface area contributed by atoms with Gasteiger partial charge in [-0.1, -0.05) is 0 Å². The zero-order valence-electron chi connectivity index (χ0n) is 15.7. The summed E-state index contributed by atoms with van der Waals surface area (Å²) in [6, 6.07) is 6.20. The Bertz CT molecular complexity index is 1250. The average Bonchev–Trinajstić information content (AvgIpc) is 3.35. The lowest BCUT2D eigenvalue weighted by Crippen LogP contribution is -2.17. The van der Waals surface area contributed by atoms with Crippen LogP contribution in [0.1, 0.15) is 23.9 Å². The molecule has 29 heavy (non-hydrogen) atoms. The predicted molar refractivity (Wildman–Crippen MR) is 104 cm³/mol. The van der Waals surface area contributed by atoms with Crippen LogP contribution in [0.4, 0.5) is 5.69 Å². The van der Waals surface area contributed by atoms with Crippen molar-refractivity contribution in [2.24, 2.45) is 0 Å². The van der Waals surface area contributed by atoms with Crippen molar-refractivity contribution in [3.63, 3.8) is 0 Å². The molecule has 13 heteroatoms. The molecule has 1 aliphatic heterocycles. The molecule has 1 saturated heterocycles. The van der Waals surface area contributed by atoms with Gasteiger partial charge in [-0.05, 0) is 49.7 Å². The third kappa shape index (κ3) is 3.74. The van der Waals surface area contributed by atoms with Gasteiger partial charge in [-0.25, -0.2) is 16.8 Å². The summed E-state index contributed by atoms with van der Waals surface area (Å²) in [7, 11) is -7.02. The molecule has 2 aromatic heterocycles. The van der Waals surface area contributed by atoms with Crippen molar-refractivity contribution in [3.8, 4) is 11.4 Å². The summed E-state index contributed by atoms with van der Waals surface area (Å²) in [4.78, 5) is 0.0593. The van der Waals surface area contributed by atoms with E-state index in [2.05, 4.69) is 30.4 Å². The summed E-state index contributed by atoms with van der Waals surface area (Å²) in [6.45, 7) is 3.24. The van der Waals surface area contributed by atoms with E-state index in [1.807, 2.05) is 0 Å². The number of nitrogens with zero attached hydrogens (tertiary/aromatic N) is 5. The van der Waals surface area contributed by atoms with Crippen LogP contribution in [0.5, 0.6) is 0 Å². The van der Waals surface area contributed by atoms with Gasteiger partial charge in [0.15, 0.2) is 9.84 Å². The third-order valence-electron chi connectivity index (χ3n) is 4.82. The SMILES string of the molecule is Cc1nn([C@H]2CCS(=O)(=O)C2)c(C)c1S(=O)(=O)Nc1ccc(-c2nn[nH]n2)cc1. The second-order valence-corrected chi connectivity index (χ2v) is 10.8. The molecule has 4 rings (SSSR count). The lowest BCUT2D eigenvalue weighted by molar-refractivity contribution is 0.484. The van der Waals surface area contributed by atoms with Gasteiger partial charge < -0.3 is 0 Å². The van der Waals surface area contributed by atoms with E-state index in [0.29, 0.717) is 34.9 Å². The maximum Gasteiger partial charge on any atom is 0.265 e. The molecule has 3 aromatic rings.